The van der Waals surface area contributed by atoms with Gasteiger partial charge in [-0.2, -0.15) is 0 Å². The third-order valence-corrected chi connectivity index (χ3v) is 2.28. The molecule has 0 fully saturated rings. The maximum absolute atomic E-state index is 13.2. The maximum atomic E-state index is 13.2. The van der Waals surface area contributed by atoms with Crippen molar-refractivity contribution >= 4 is 29.7 Å². The zero-order valence-corrected chi connectivity index (χ0v) is 9.07. The topological polar surface area (TPSA) is 17.3 Å². The number of pyridine rings is 1. The fourth-order valence-corrected chi connectivity index (χ4v) is 1.68. The Balaban J connectivity index is 0.000000980. The summed E-state index contributed by atoms with van der Waals surface area (Å²) in [6, 6.07) is 3.03. The predicted octanol–water partition coefficient (Wildman–Crippen LogP) is 2.94. The van der Waals surface area contributed by atoms with E-state index >= 15 is 0 Å². The zero-order valence-electron chi connectivity index (χ0n) is 7.50. The molecule has 0 aromatic carbocycles. The van der Waals surface area contributed by atoms with Crippen molar-refractivity contribution in [1.82, 2.24) is 9.38 Å². The third kappa shape index (κ3) is 1.57. The van der Waals surface area contributed by atoms with Gasteiger partial charge in [-0.15, -0.1) is 24.0 Å². The highest BCUT2D eigenvalue weighted by Crippen LogP contribution is 2.15. The number of fused-ring (bicyclic) bond motifs is 1. The van der Waals surface area contributed by atoms with Gasteiger partial charge in [0.15, 0.2) is 11.5 Å². The largest absolute Gasteiger partial charge is 0.300 e. The number of nitrogens with zero attached hydrogens (tertiary/aromatic N) is 2. The molecule has 2 aromatic heterocycles. The van der Waals surface area contributed by atoms with Gasteiger partial charge in [-0.25, -0.2) is 9.37 Å². The molecular weight excluding hydrogens is 226 g/mol. The number of aryl methyl sites for hydroxylation is 1. The Labute approximate surface area is 92.1 Å². The molecule has 2 nitrogen and oxygen atoms in total. The van der Waals surface area contributed by atoms with Crippen LogP contribution in [0.25, 0.3) is 5.65 Å². The monoisotopic (exact) mass is 234 g/mol. The second-order valence-electron chi connectivity index (χ2n) is 2.83. The van der Waals surface area contributed by atoms with Gasteiger partial charge in [0.1, 0.15) is 0 Å². The summed E-state index contributed by atoms with van der Waals surface area (Å²) < 4.78 is 14.9. The quantitative estimate of drug-likeness (QED) is 0.694. The normalized spacial score (nSPS) is 10.2. The standard InChI is InChI=1S/C9H8ClFN2.ClH/c1-6-8(5-10)13-4-2-3-7(11)9(13)12-6;/h2-4H,5H2,1H3;1H. The van der Waals surface area contributed by atoms with E-state index in [1.807, 2.05) is 6.92 Å². The Morgan fingerprint density at radius 1 is 1.57 bits per heavy atom. The number of alkyl halides is 1. The minimum absolute atomic E-state index is 0. The minimum atomic E-state index is -0.318. The molecule has 2 rings (SSSR count). The lowest BCUT2D eigenvalue weighted by atomic mass is 10.4. The van der Waals surface area contributed by atoms with Crippen LogP contribution >= 0.6 is 24.0 Å². The number of hydrogen-bond donors (Lipinski definition) is 0. The van der Waals surface area contributed by atoms with Crippen LogP contribution in [-0.4, -0.2) is 9.38 Å². The number of imidazole rings is 1. The second-order valence-corrected chi connectivity index (χ2v) is 3.09. The summed E-state index contributed by atoms with van der Waals surface area (Å²) in [7, 11) is 0. The van der Waals surface area contributed by atoms with Crippen molar-refractivity contribution in [3.63, 3.8) is 0 Å². The maximum Gasteiger partial charge on any atom is 0.173 e. The van der Waals surface area contributed by atoms with Crippen molar-refractivity contribution < 1.29 is 4.39 Å². The molecule has 76 valence electrons. The van der Waals surface area contributed by atoms with E-state index in [9.17, 15) is 4.39 Å². The SMILES string of the molecule is Cc1nc2c(F)cccn2c1CCl.Cl. The number of hydrogen-bond acceptors (Lipinski definition) is 1. The van der Waals surface area contributed by atoms with Gasteiger partial charge < -0.3 is 4.40 Å². The molecule has 0 spiro atoms. The fourth-order valence-electron chi connectivity index (χ4n) is 1.36. The molecular formula is C9H9Cl2FN2. The van der Waals surface area contributed by atoms with Crippen LogP contribution in [0.4, 0.5) is 4.39 Å². The second kappa shape index (κ2) is 4.15. The Bertz CT molecular complexity index is 453. The first-order valence-electron chi connectivity index (χ1n) is 3.92. The summed E-state index contributed by atoms with van der Waals surface area (Å²) in [5.74, 6) is 0.0261. The lowest BCUT2D eigenvalue weighted by Gasteiger charge is -1.97. The Morgan fingerprint density at radius 3 is 2.93 bits per heavy atom. The van der Waals surface area contributed by atoms with Crippen LogP contribution < -0.4 is 0 Å². The van der Waals surface area contributed by atoms with Crippen LogP contribution in [-0.2, 0) is 5.88 Å². The average Bonchev–Trinajstić information content (AvgIpc) is 2.43. The molecule has 0 unspecified atom stereocenters. The third-order valence-electron chi connectivity index (χ3n) is 2.03. The van der Waals surface area contributed by atoms with Gasteiger partial charge in [0.05, 0.1) is 17.3 Å². The van der Waals surface area contributed by atoms with E-state index in [-0.39, 0.29) is 18.2 Å². The van der Waals surface area contributed by atoms with E-state index in [2.05, 4.69) is 4.98 Å². The summed E-state index contributed by atoms with van der Waals surface area (Å²) in [6.07, 6.45) is 1.76. The minimum Gasteiger partial charge on any atom is -0.300 e. The molecule has 0 radical (unpaired) electrons. The van der Waals surface area contributed by atoms with Gasteiger partial charge in [0, 0.05) is 6.20 Å². The van der Waals surface area contributed by atoms with Crippen molar-refractivity contribution in [2.45, 2.75) is 12.8 Å². The van der Waals surface area contributed by atoms with E-state index in [4.69, 9.17) is 11.6 Å². The van der Waals surface area contributed by atoms with Crippen LogP contribution in [0.15, 0.2) is 18.3 Å². The number of rotatable bonds is 1. The van der Waals surface area contributed by atoms with Crippen molar-refractivity contribution in [3.8, 4) is 0 Å². The molecule has 0 aliphatic heterocycles. The summed E-state index contributed by atoms with van der Waals surface area (Å²) >= 11 is 5.72. The number of halogens is 3. The molecule has 0 aliphatic carbocycles. The molecule has 0 saturated heterocycles. The summed E-state index contributed by atoms with van der Waals surface area (Å²) in [4.78, 5) is 4.09. The molecule has 2 aromatic rings. The molecule has 0 amide bonds. The molecule has 2 heterocycles. The van der Waals surface area contributed by atoms with Crippen LogP contribution in [0.3, 0.4) is 0 Å². The Hall–Kier alpha value is -0.800. The van der Waals surface area contributed by atoms with Gasteiger partial charge in [-0.05, 0) is 19.1 Å². The van der Waals surface area contributed by atoms with Gasteiger partial charge in [-0.1, -0.05) is 0 Å². The fraction of sp³-hybridized carbons (Fsp3) is 0.222. The van der Waals surface area contributed by atoms with Gasteiger partial charge in [0.25, 0.3) is 0 Å². The summed E-state index contributed by atoms with van der Waals surface area (Å²) in [5.41, 5.74) is 1.96. The van der Waals surface area contributed by atoms with Gasteiger partial charge >= 0.3 is 0 Å². The lowest BCUT2D eigenvalue weighted by molar-refractivity contribution is 0.629. The van der Waals surface area contributed by atoms with Gasteiger partial charge in [-0.3, -0.25) is 0 Å². The van der Waals surface area contributed by atoms with Crippen molar-refractivity contribution in [3.05, 3.63) is 35.5 Å². The van der Waals surface area contributed by atoms with Crippen molar-refractivity contribution in [2.75, 3.05) is 0 Å². The first-order chi connectivity index (χ1) is 6.24. The van der Waals surface area contributed by atoms with Gasteiger partial charge in [0.2, 0.25) is 0 Å². The first kappa shape index (κ1) is 11.3. The van der Waals surface area contributed by atoms with Crippen LogP contribution in [0.2, 0.25) is 0 Å². The highest BCUT2D eigenvalue weighted by molar-refractivity contribution is 6.17. The Kier molecular flexibility index (Phi) is 3.34. The van der Waals surface area contributed by atoms with E-state index in [1.165, 1.54) is 6.07 Å². The van der Waals surface area contributed by atoms with Crippen molar-refractivity contribution in [2.24, 2.45) is 0 Å². The van der Waals surface area contributed by atoms with E-state index in [0.29, 0.717) is 11.5 Å². The first-order valence-corrected chi connectivity index (χ1v) is 4.45. The van der Waals surface area contributed by atoms with E-state index < -0.39 is 0 Å². The summed E-state index contributed by atoms with van der Waals surface area (Å²) in [6.45, 7) is 1.82. The van der Waals surface area contributed by atoms with E-state index in [0.717, 1.165) is 11.4 Å². The summed E-state index contributed by atoms with van der Waals surface area (Å²) in [5, 5.41) is 0. The highest BCUT2D eigenvalue weighted by atomic mass is 35.5. The molecule has 0 saturated carbocycles. The molecule has 14 heavy (non-hydrogen) atoms. The smallest absolute Gasteiger partial charge is 0.173 e. The Morgan fingerprint density at radius 2 is 2.29 bits per heavy atom. The molecule has 0 bridgehead atoms. The van der Waals surface area contributed by atoms with Crippen LogP contribution in [0, 0.1) is 12.7 Å². The molecule has 5 heteroatoms. The van der Waals surface area contributed by atoms with Crippen LogP contribution in [0.1, 0.15) is 11.4 Å². The number of aromatic nitrogens is 2. The lowest BCUT2D eigenvalue weighted by Crippen LogP contribution is -1.91. The molecule has 0 aliphatic rings. The highest BCUT2D eigenvalue weighted by Gasteiger charge is 2.09. The van der Waals surface area contributed by atoms with E-state index in [1.54, 1.807) is 16.7 Å². The van der Waals surface area contributed by atoms with Crippen LogP contribution in [0.5, 0.6) is 0 Å². The zero-order chi connectivity index (χ0) is 9.42. The molecule has 0 N–H and O–H groups in total. The average molecular weight is 235 g/mol. The molecule has 0 atom stereocenters. The predicted molar refractivity (Wildman–Crippen MR) is 56.7 cm³/mol. The van der Waals surface area contributed by atoms with Crippen molar-refractivity contribution in [1.29, 1.82) is 0 Å².